The molecule has 0 aliphatic heterocycles. The van der Waals surface area contributed by atoms with E-state index in [1.165, 1.54) is 6.42 Å². The molecular weight excluding hydrogens is 212 g/mol. The molecule has 3 atom stereocenters. The molecule has 2 nitrogen and oxygen atoms in total. The Labute approximate surface area is 103 Å². The molecule has 1 aromatic rings. The van der Waals surface area contributed by atoms with Gasteiger partial charge in [0, 0.05) is 5.92 Å². The fourth-order valence-electron chi connectivity index (χ4n) is 2.74. The minimum absolute atomic E-state index is 0.00315. The van der Waals surface area contributed by atoms with Crippen LogP contribution in [0.4, 0.5) is 0 Å². The first-order valence-corrected chi connectivity index (χ1v) is 6.47. The molecular formula is C15H20O2. The summed E-state index contributed by atoms with van der Waals surface area (Å²) in [6.07, 6.45) is 3.43. The number of hydrogen-bond donors (Lipinski definition) is 1. The van der Waals surface area contributed by atoms with Crippen molar-refractivity contribution in [3.05, 3.63) is 35.9 Å². The van der Waals surface area contributed by atoms with Gasteiger partial charge in [0.05, 0.1) is 0 Å². The summed E-state index contributed by atoms with van der Waals surface area (Å²) in [5, 5.41) is 10.1. The molecule has 1 aliphatic carbocycles. The van der Waals surface area contributed by atoms with Crippen LogP contribution < -0.4 is 0 Å². The van der Waals surface area contributed by atoms with Crippen molar-refractivity contribution in [3.8, 4) is 0 Å². The van der Waals surface area contributed by atoms with Crippen molar-refractivity contribution in [2.75, 3.05) is 0 Å². The van der Waals surface area contributed by atoms with Crippen molar-refractivity contribution in [3.63, 3.8) is 0 Å². The maximum atomic E-state index is 12.3. The molecule has 3 unspecified atom stereocenters. The van der Waals surface area contributed by atoms with Gasteiger partial charge in [0.2, 0.25) is 0 Å². The number of rotatable bonds is 3. The van der Waals surface area contributed by atoms with Gasteiger partial charge >= 0.3 is 0 Å². The predicted octanol–water partition coefficient (Wildman–Crippen LogP) is 3.12. The number of hydrogen-bond acceptors (Lipinski definition) is 2. The Hall–Kier alpha value is -1.15. The zero-order valence-corrected chi connectivity index (χ0v) is 10.3. The number of ketones is 1. The Bertz CT molecular complexity index is 372. The van der Waals surface area contributed by atoms with Gasteiger partial charge < -0.3 is 5.11 Å². The average Bonchev–Trinajstić information content (AvgIpc) is 2.39. The lowest BCUT2D eigenvalue weighted by molar-refractivity contribution is -0.134. The highest BCUT2D eigenvalue weighted by atomic mass is 16.3. The number of aliphatic hydroxyl groups is 1. The van der Waals surface area contributed by atoms with Gasteiger partial charge in [0.15, 0.2) is 5.78 Å². The van der Waals surface area contributed by atoms with Gasteiger partial charge in [-0.05, 0) is 17.9 Å². The van der Waals surface area contributed by atoms with Crippen LogP contribution in [0.15, 0.2) is 30.3 Å². The van der Waals surface area contributed by atoms with Crippen LogP contribution in [0.2, 0.25) is 0 Å². The lowest BCUT2D eigenvalue weighted by Crippen LogP contribution is -2.29. The molecule has 1 aromatic carbocycles. The molecule has 2 heteroatoms. The largest absolute Gasteiger partial charge is 0.381 e. The third-order valence-corrected chi connectivity index (χ3v) is 3.86. The van der Waals surface area contributed by atoms with Crippen LogP contribution in [-0.2, 0) is 4.79 Å². The number of aliphatic hydroxyl groups excluding tert-OH is 1. The molecule has 1 aliphatic rings. The number of benzene rings is 1. The van der Waals surface area contributed by atoms with Crippen molar-refractivity contribution in [1.82, 2.24) is 0 Å². The van der Waals surface area contributed by atoms with E-state index >= 15 is 0 Å². The van der Waals surface area contributed by atoms with Gasteiger partial charge in [-0.3, -0.25) is 4.79 Å². The van der Waals surface area contributed by atoms with Crippen molar-refractivity contribution < 1.29 is 9.90 Å². The summed E-state index contributed by atoms with van der Waals surface area (Å²) in [5.41, 5.74) is 0.718. The summed E-state index contributed by atoms with van der Waals surface area (Å²) < 4.78 is 0. The van der Waals surface area contributed by atoms with Crippen LogP contribution in [0.5, 0.6) is 0 Å². The number of carbonyl (C=O) groups excluding carboxylic acids is 1. The lowest BCUT2D eigenvalue weighted by Gasteiger charge is -2.29. The minimum Gasteiger partial charge on any atom is -0.381 e. The minimum atomic E-state index is -0.943. The first-order valence-electron chi connectivity index (χ1n) is 6.47. The lowest BCUT2D eigenvalue weighted by atomic mass is 9.76. The summed E-state index contributed by atoms with van der Waals surface area (Å²) in [6.45, 7) is 2.12. The quantitative estimate of drug-likeness (QED) is 0.869. The highest BCUT2D eigenvalue weighted by Crippen LogP contribution is 2.33. The Morgan fingerprint density at radius 3 is 2.53 bits per heavy atom. The smallest absolute Gasteiger partial charge is 0.169 e. The molecule has 17 heavy (non-hydrogen) atoms. The zero-order chi connectivity index (χ0) is 12.3. The second-order valence-corrected chi connectivity index (χ2v) is 5.08. The maximum absolute atomic E-state index is 12.3. The van der Waals surface area contributed by atoms with E-state index in [0.717, 1.165) is 24.8 Å². The van der Waals surface area contributed by atoms with Crippen molar-refractivity contribution in [2.45, 2.75) is 38.7 Å². The van der Waals surface area contributed by atoms with E-state index in [1.54, 1.807) is 0 Å². The van der Waals surface area contributed by atoms with Gasteiger partial charge in [-0.25, -0.2) is 0 Å². The van der Waals surface area contributed by atoms with E-state index in [2.05, 4.69) is 6.92 Å². The van der Waals surface area contributed by atoms with Gasteiger partial charge in [0.1, 0.15) is 6.10 Å². The average molecular weight is 232 g/mol. The van der Waals surface area contributed by atoms with Crippen LogP contribution in [0.1, 0.15) is 44.3 Å². The Balaban J connectivity index is 2.09. The van der Waals surface area contributed by atoms with Crippen LogP contribution in [0, 0.1) is 11.8 Å². The summed E-state index contributed by atoms with van der Waals surface area (Å²) in [6, 6.07) is 9.24. The SMILES string of the molecule is CC1CCCCC1C(=O)C(O)c1ccccc1. The molecule has 0 aromatic heterocycles. The Morgan fingerprint density at radius 2 is 1.88 bits per heavy atom. The highest BCUT2D eigenvalue weighted by molar-refractivity contribution is 5.86. The third kappa shape index (κ3) is 2.75. The third-order valence-electron chi connectivity index (χ3n) is 3.86. The first kappa shape index (κ1) is 12.3. The molecule has 0 bridgehead atoms. The van der Waals surface area contributed by atoms with Crippen molar-refractivity contribution in [1.29, 1.82) is 0 Å². The highest BCUT2D eigenvalue weighted by Gasteiger charge is 2.32. The second-order valence-electron chi connectivity index (χ2n) is 5.08. The van der Waals surface area contributed by atoms with E-state index in [-0.39, 0.29) is 11.7 Å². The normalized spacial score (nSPS) is 26.5. The number of carbonyl (C=O) groups is 1. The van der Waals surface area contributed by atoms with Gasteiger partial charge in [-0.2, -0.15) is 0 Å². The molecule has 1 fully saturated rings. The van der Waals surface area contributed by atoms with Gasteiger partial charge in [0.25, 0.3) is 0 Å². The molecule has 0 heterocycles. The van der Waals surface area contributed by atoms with Gasteiger partial charge in [-0.1, -0.05) is 56.5 Å². The molecule has 0 saturated heterocycles. The molecule has 92 valence electrons. The van der Waals surface area contributed by atoms with Crippen LogP contribution in [0.25, 0.3) is 0 Å². The summed E-state index contributed by atoms with van der Waals surface area (Å²) >= 11 is 0. The Kier molecular flexibility index (Phi) is 3.95. The van der Waals surface area contributed by atoms with Crippen molar-refractivity contribution >= 4 is 5.78 Å². The molecule has 1 N–H and O–H groups in total. The van der Waals surface area contributed by atoms with Gasteiger partial charge in [-0.15, -0.1) is 0 Å². The Morgan fingerprint density at radius 1 is 1.24 bits per heavy atom. The molecule has 0 radical (unpaired) electrons. The molecule has 0 spiro atoms. The zero-order valence-electron chi connectivity index (χ0n) is 10.3. The fraction of sp³-hybridized carbons (Fsp3) is 0.533. The summed E-state index contributed by atoms with van der Waals surface area (Å²) in [5.74, 6) is 0.456. The van der Waals surface area contributed by atoms with Crippen molar-refractivity contribution in [2.24, 2.45) is 11.8 Å². The van der Waals surface area contributed by atoms with Crippen LogP contribution in [-0.4, -0.2) is 10.9 Å². The van der Waals surface area contributed by atoms with E-state index in [9.17, 15) is 9.90 Å². The second kappa shape index (κ2) is 5.46. The van der Waals surface area contributed by atoms with E-state index in [1.807, 2.05) is 30.3 Å². The molecule has 2 rings (SSSR count). The molecule has 0 amide bonds. The van der Waals surface area contributed by atoms with E-state index in [4.69, 9.17) is 0 Å². The maximum Gasteiger partial charge on any atom is 0.169 e. The first-order chi connectivity index (χ1) is 8.20. The topological polar surface area (TPSA) is 37.3 Å². The standard InChI is InChI=1S/C15H20O2/c1-11-7-5-6-10-13(11)15(17)14(16)12-8-3-2-4-9-12/h2-4,8-9,11,13-14,16H,5-7,10H2,1H3. The summed E-state index contributed by atoms with van der Waals surface area (Å²) in [7, 11) is 0. The predicted molar refractivity (Wildman–Crippen MR) is 67.5 cm³/mol. The summed E-state index contributed by atoms with van der Waals surface area (Å²) in [4.78, 5) is 12.3. The van der Waals surface area contributed by atoms with Crippen LogP contribution in [0.3, 0.4) is 0 Å². The molecule has 1 saturated carbocycles. The number of Topliss-reactive ketones (excluding diaryl/α,β-unsaturated/α-hetero) is 1. The fourth-order valence-corrected chi connectivity index (χ4v) is 2.74. The van der Waals surface area contributed by atoms with E-state index in [0.29, 0.717) is 5.92 Å². The monoisotopic (exact) mass is 232 g/mol. The van der Waals surface area contributed by atoms with E-state index < -0.39 is 6.10 Å². The van der Waals surface area contributed by atoms with Crippen LogP contribution >= 0.6 is 0 Å².